The second kappa shape index (κ2) is 4.35. The molecule has 3 rings (SSSR count). The molecule has 5 nitrogen and oxygen atoms in total. The molecule has 0 bridgehead atoms. The van der Waals surface area contributed by atoms with Gasteiger partial charge in [-0.05, 0) is 19.3 Å². The van der Waals surface area contributed by atoms with E-state index < -0.39 is 9.84 Å². The van der Waals surface area contributed by atoms with E-state index in [-0.39, 0.29) is 29.9 Å². The number of hydrogen-bond donors (Lipinski definition) is 1. The van der Waals surface area contributed by atoms with Crippen LogP contribution in [0.4, 0.5) is 0 Å². The SMILES string of the molecule is O=S1(=O)CCC(c2ncc3n2CC(CO)CC3)C1. The van der Waals surface area contributed by atoms with Crippen molar-refractivity contribution in [3.8, 4) is 0 Å². The van der Waals surface area contributed by atoms with Crippen LogP contribution in [0.25, 0.3) is 0 Å². The lowest BCUT2D eigenvalue weighted by Gasteiger charge is -2.25. The smallest absolute Gasteiger partial charge is 0.151 e. The third kappa shape index (κ3) is 2.07. The van der Waals surface area contributed by atoms with Gasteiger partial charge in [-0.1, -0.05) is 0 Å². The van der Waals surface area contributed by atoms with E-state index in [2.05, 4.69) is 9.55 Å². The minimum atomic E-state index is -2.87. The predicted octanol–water partition coefficient (Wildman–Crippen LogP) is 0.340. The Morgan fingerprint density at radius 2 is 2.28 bits per heavy atom. The van der Waals surface area contributed by atoms with E-state index in [4.69, 9.17) is 0 Å². The Kier molecular flexibility index (Phi) is 2.94. The van der Waals surface area contributed by atoms with Crippen molar-refractivity contribution in [1.29, 1.82) is 0 Å². The molecule has 6 heteroatoms. The van der Waals surface area contributed by atoms with Crippen LogP contribution in [0.3, 0.4) is 0 Å². The topological polar surface area (TPSA) is 72.2 Å². The minimum absolute atomic E-state index is 0.0428. The van der Waals surface area contributed by atoms with Crippen molar-refractivity contribution in [2.75, 3.05) is 18.1 Å². The van der Waals surface area contributed by atoms with Gasteiger partial charge in [0.25, 0.3) is 0 Å². The maximum Gasteiger partial charge on any atom is 0.151 e. The number of aliphatic hydroxyl groups is 1. The first-order valence-corrected chi connectivity index (χ1v) is 8.27. The van der Waals surface area contributed by atoms with E-state index in [9.17, 15) is 13.5 Å². The highest BCUT2D eigenvalue weighted by atomic mass is 32.2. The fourth-order valence-electron chi connectivity index (χ4n) is 3.01. The molecular formula is C12H18N2O3S. The van der Waals surface area contributed by atoms with Gasteiger partial charge in [-0.15, -0.1) is 0 Å². The molecule has 2 aliphatic heterocycles. The van der Waals surface area contributed by atoms with E-state index in [1.54, 1.807) is 0 Å². The van der Waals surface area contributed by atoms with Gasteiger partial charge in [0, 0.05) is 36.9 Å². The van der Waals surface area contributed by atoms with Crippen LogP contribution in [0.1, 0.15) is 30.3 Å². The van der Waals surface area contributed by atoms with Crippen LogP contribution in [0, 0.1) is 5.92 Å². The average Bonchev–Trinajstić information content (AvgIpc) is 2.91. The molecule has 2 aliphatic rings. The van der Waals surface area contributed by atoms with Gasteiger partial charge < -0.3 is 9.67 Å². The molecule has 0 saturated carbocycles. The summed E-state index contributed by atoms with van der Waals surface area (Å²) in [6.45, 7) is 0.970. The molecule has 2 atom stereocenters. The first kappa shape index (κ1) is 12.2. The molecule has 0 aliphatic carbocycles. The number of imidazole rings is 1. The van der Waals surface area contributed by atoms with Crippen LogP contribution < -0.4 is 0 Å². The van der Waals surface area contributed by atoms with E-state index in [0.29, 0.717) is 6.42 Å². The molecule has 1 fully saturated rings. The molecule has 1 aromatic rings. The number of rotatable bonds is 2. The van der Waals surface area contributed by atoms with Crippen molar-refractivity contribution in [3.05, 3.63) is 17.7 Å². The molecule has 1 saturated heterocycles. The highest BCUT2D eigenvalue weighted by Gasteiger charge is 2.33. The summed E-state index contributed by atoms with van der Waals surface area (Å²) in [5.41, 5.74) is 1.18. The Bertz CT molecular complexity index is 550. The number of fused-ring (bicyclic) bond motifs is 1. The van der Waals surface area contributed by atoms with Gasteiger partial charge in [-0.25, -0.2) is 13.4 Å². The molecular weight excluding hydrogens is 252 g/mol. The summed E-state index contributed by atoms with van der Waals surface area (Å²) in [4.78, 5) is 4.43. The van der Waals surface area contributed by atoms with Gasteiger partial charge >= 0.3 is 0 Å². The van der Waals surface area contributed by atoms with Gasteiger partial charge in [0.15, 0.2) is 9.84 Å². The lowest BCUT2D eigenvalue weighted by atomic mass is 9.98. The Morgan fingerprint density at radius 1 is 1.44 bits per heavy atom. The minimum Gasteiger partial charge on any atom is -0.396 e. The summed E-state index contributed by atoms with van der Waals surface area (Å²) in [6.07, 6.45) is 4.47. The summed E-state index contributed by atoms with van der Waals surface area (Å²) in [5.74, 6) is 1.74. The van der Waals surface area contributed by atoms with Crippen molar-refractivity contribution in [2.24, 2.45) is 5.92 Å². The van der Waals surface area contributed by atoms with Gasteiger partial charge in [-0.2, -0.15) is 0 Å². The van der Waals surface area contributed by atoms with Crippen molar-refractivity contribution >= 4 is 9.84 Å². The molecule has 18 heavy (non-hydrogen) atoms. The second-order valence-electron chi connectivity index (χ2n) is 5.41. The fraction of sp³-hybridized carbons (Fsp3) is 0.750. The summed E-state index contributed by atoms with van der Waals surface area (Å²) in [6, 6.07) is 0. The molecule has 0 aromatic carbocycles. The Hall–Kier alpha value is -0.880. The van der Waals surface area contributed by atoms with Gasteiger partial charge in [0.1, 0.15) is 5.82 Å². The lowest BCUT2D eigenvalue weighted by molar-refractivity contribution is 0.190. The quantitative estimate of drug-likeness (QED) is 0.841. The van der Waals surface area contributed by atoms with Crippen LogP contribution in [-0.4, -0.2) is 41.2 Å². The van der Waals surface area contributed by atoms with E-state index in [1.807, 2.05) is 6.20 Å². The summed E-state index contributed by atoms with van der Waals surface area (Å²) >= 11 is 0. The monoisotopic (exact) mass is 270 g/mol. The fourth-order valence-corrected chi connectivity index (χ4v) is 4.75. The number of aromatic nitrogens is 2. The zero-order valence-electron chi connectivity index (χ0n) is 10.2. The molecule has 1 N–H and O–H groups in total. The normalized spacial score (nSPS) is 30.3. The lowest BCUT2D eigenvalue weighted by Crippen LogP contribution is -2.25. The maximum absolute atomic E-state index is 11.5. The van der Waals surface area contributed by atoms with Crippen LogP contribution in [0.2, 0.25) is 0 Å². The average molecular weight is 270 g/mol. The highest BCUT2D eigenvalue weighted by Crippen LogP contribution is 2.31. The number of aryl methyl sites for hydroxylation is 1. The van der Waals surface area contributed by atoms with Crippen LogP contribution in [0.5, 0.6) is 0 Å². The van der Waals surface area contributed by atoms with E-state index in [0.717, 1.165) is 25.2 Å². The summed E-state index contributed by atoms with van der Waals surface area (Å²) in [5, 5.41) is 9.26. The number of hydrogen-bond acceptors (Lipinski definition) is 4. The maximum atomic E-state index is 11.5. The highest BCUT2D eigenvalue weighted by molar-refractivity contribution is 7.91. The Labute approximate surface area is 107 Å². The van der Waals surface area contributed by atoms with Crippen LogP contribution in [0.15, 0.2) is 6.20 Å². The Balaban J connectivity index is 1.89. The zero-order chi connectivity index (χ0) is 12.8. The van der Waals surface area contributed by atoms with E-state index >= 15 is 0 Å². The largest absolute Gasteiger partial charge is 0.396 e. The molecule has 0 amide bonds. The number of sulfone groups is 1. The van der Waals surface area contributed by atoms with Crippen LogP contribution >= 0.6 is 0 Å². The van der Waals surface area contributed by atoms with Gasteiger partial charge in [0.05, 0.1) is 11.5 Å². The van der Waals surface area contributed by atoms with Gasteiger partial charge in [-0.3, -0.25) is 0 Å². The summed E-state index contributed by atoms with van der Waals surface area (Å²) in [7, 11) is -2.87. The number of nitrogens with zero attached hydrogens (tertiary/aromatic N) is 2. The first-order chi connectivity index (χ1) is 8.59. The van der Waals surface area contributed by atoms with Crippen LogP contribution in [-0.2, 0) is 22.8 Å². The third-order valence-electron chi connectivity index (χ3n) is 4.07. The molecule has 0 spiro atoms. The molecule has 2 unspecified atom stereocenters. The van der Waals surface area contributed by atoms with Crippen molar-refractivity contribution in [1.82, 2.24) is 9.55 Å². The zero-order valence-corrected chi connectivity index (χ0v) is 11.1. The third-order valence-corrected chi connectivity index (χ3v) is 5.84. The van der Waals surface area contributed by atoms with Crippen molar-refractivity contribution < 1.29 is 13.5 Å². The number of aliphatic hydroxyl groups excluding tert-OH is 1. The molecule has 1 aromatic heterocycles. The van der Waals surface area contributed by atoms with E-state index in [1.165, 1.54) is 5.69 Å². The second-order valence-corrected chi connectivity index (χ2v) is 7.63. The van der Waals surface area contributed by atoms with Crippen molar-refractivity contribution in [2.45, 2.75) is 31.7 Å². The van der Waals surface area contributed by atoms with Crippen molar-refractivity contribution in [3.63, 3.8) is 0 Å². The standard InChI is InChI=1S/C12H18N2O3S/c15-7-9-1-2-11-5-13-12(14(11)6-9)10-3-4-18(16,17)8-10/h5,9-10,15H,1-4,6-8H2. The molecule has 3 heterocycles. The predicted molar refractivity (Wildman–Crippen MR) is 67.1 cm³/mol. The van der Waals surface area contributed by atoms with Gasteiger partial charge in [0.2, 0.25) is 0 Å². The first-order valence-electron chi connectivity index (χ1n) is 6.44. The molecule has 100 valence electrons. The summed E-state index contributed by atoms with van der Waals surface area (Å²) < 4.78 is 25.2. The molecule has 0 radical (unpaired) electrons. The Morgan fingerprint density at radius 3 is 2.94 bits per heavy atom.